The molecule has 1 amide bonds. The van der Waals surface area contributed by atoms with Crippen molar-refractivity contribution >= 4 is 12.0 Å². The van der Waals surface area contributed by atoms with Crippen molar-refractivity contribution in [2.45, 2.75) is 33.3 Å². The molecule has 0 radical (unpaired) electrons. The van der Waals surface area contributed by atoms with Crippen LogP contribution >= 0.6 is 0 Å². The molecule has 0 N–H and O–H groups in total. The average molecular weight is 303 g/mol. The van der Waals surface area contributed by atoms with E-state index >= 15 is 0 Å². The minimum atomic E-state index is -0.491. The van der Waals surface area contributed by atoms with Crippen LogP contribution in [0.5, 0.6) is 0 Å². The summed E-state index contributed by atoms with van der Waals surface area (Å²) < 4.78 is 5.37. The van der Waals surface area contributed by atoms with Gasteiger partial charge in [0.15, 0.2) is 0 Å². The molecule has 0 bridgehead atoms. The number of anilines is 1. The quantitative estimate of drug-likeness (QED) is 0.785. The van der Waals surface area contributed by atoms with Gasteiger partial charge in [0, 0.05) is 31.9 Å². The van der Waals surface area contributed by atoms with Crippen molar-refractivity contribution in [1.82, 2.24) is 14.9 Å². The number of nitriles is 1. The molecule has 1 aromatic heterocycles. The van der Waals surface area contributed by atoms with E-state index in [4.69, 9.17) is 10.00 Å². The van der Waals surface area contributed by atoms with Crippen LogP contribution in [0.1, 0.15) is 32.2 Å². The van der Waals surface area contributed by atoms with E-state index in [0.29, 0.717) is 37.8 Å². The van der Waals surface area contributed by atoms with Gasteiger partial charge >= 0.3 is 6.09 Å². The first-order valence-electron chi connectivity index (χ1n) is 7.27. The molecular formula is C15H21N5O2. The zero-order chi connectivity index (χ0) is 16.3. The highest BCUT2D eigenvalue weighted by Crippen LogP contribution is 2.15. The Morgan fingerprint density at radius 1 is 1.27 bits per heavy atom. The maximum absolute atomic E-state index is 12.0. The van der Waals surface area contributed by atoms with E-state index in [-0.39, 0.29) is 6.09 Å². The molecule has 0 aliphatic carbocycles. The summed E-state index contributed by atoms with van der Waals surface area (Å²) in [5, 5.41) is 8.98. The summed E-state index contributed by atoms with van der Waals surface area (Å²) in [7, 11) is 0. The van der Waals surface area contributed by atoms with E-state index in [1.165, 1.54) is 0 Å². The Bertz CT molecular complexity index is 595. The van der Waals surface area contributed by atoms with Gasteiger partial charge < -0.3 is 14.5 Å². The lowest BCUT2D eigenvalue weighted by Gasteiger charge is -2.35. The number of rotatable bonds is 1. The Labute approximate surface area is 130 Å². The molecule has 118 valence electrons. The number of piperazine rings is 1. The molecule has 0 saturated carbocycles. The first kappa shape index (κ1) is 16.0. The Balaban J connectivity index is 1.99. The molecule has 7 heteroatoms. The maximum Gasteiger partial charge on any atom is 0.410 e. The molecular weight excluding hydrogens is 282 g/mol. The molecule has 0 unspecified atom stereocenters. The van der Waals surface area contributed by atoms with E-state index in [0.717, 1.165) is 5.69 Å². The van der Waals surface area contributed by atoms with Crippen LogP contribution in [-0.4, -0.2) is 52.7 Å². The zero-order valence-electron chi connectivity index (χ0n) is 13.5. The lowest BCUT2D eigenvalue weighted by atomic mass is 10.2. The van der Waals surface area contributed by atoms with Crippen LogP contribution < -0.4 is 4.90 Å². The van der Waals surface area contributed by atoms with Gasteiger partial charge in [-0.2, -0.15) is 5.26 Å². The molecule has 0 spiro atoms. The number of ether oxygens (including phenoxy) is 1. The van der Waals surface area contributed by atoms with Gasteiger partial charge in [-0.15, -0.1) is 0 Å². The van der Waals surface area contributed by atoms with Crippen LogP contribution in [0.25, 0.3) is 0 Å². The number of hydrogen-bond acceptors (Lipinski definition) is 6. The van der Waals surface area contributed by atoms with Crippen molar-refractivity contribution in [2.75, 3.05) is 31.1 Å². The smallest absolute Gasteiger partial charge is 0.410 e. The fourth-order valence-corrected chi connectivity index (χ4v) is 2.17. The van der Waals surface area contributed by atoms with E-state index in [9.17, 15) is 4.79 Å². The van der Waals surface area contributed by atoms with Crippen LogP contribution in [0.2, 0.25) is 0 Å². The largest absolute Gasteiger partial charge is 0.444 e. The monoisotopic (exact) mass is 303 g/mol. The summed E-state index contributed by atoms with van der Waals surface area (Å²) in [6, 6.07) is 3.69. The molecule has 7 nitrogen and oxygen atoms in total. The van der Waals surface area contributed by atoms with Crippen molar-refractivity contribution < 1.29 is 9.53 Å². The number of carbonyl (C=O) groups excluding carboxylic acids is 1. The summed E-state index contributed by atoms with van der Waals surface area (Å²) in [5.74, 6) is 0.542. The molecule has 0 aromatic carbocycles. The van der Waals surface area contributed by atoms with Crippen LogP contribution in [0, 0.1) is 18.3 Å². The summed E-state index contributed by atoms with van der Waals surface area (Å²) in [4.78, 5) is 24.3. The number of amides is 1. The Morgan fingerprint density at radius 2 is 1.91 bits per heavy atom. The van der Waals surface area contributed by atoms with Gasteiger partial charge in [0.2, 0.25) is 5.95 Å². The first-order chi connectivity index (χ1) is 10.3. The van der Waals surface area contributed by atoms with E-state index in [1.54, 1.807) is 11.0 Å². The lowest BCUT2D eigenvalue weighted by molar-refractivity contribution is 0.0240. The predicted molar refractivity (Wildman–Crippen MR) is 81.5 cm³/mol. The molecule has 2 rings (SSSR count). The molecule has 22 heavy (non-hydrogen) atoms. The second kappa shape index (κ2) is 6.18. The summed E-state index contributed by atoms with van der Waals surface area (Å²) >= 11 is 0. The topological polar surface area (TPSA) is 82.4 Å². The normalized spacial score (nSPS) is 15.4. The first-order valence-corrected chi connectivity index (χ1v) is 7.27. The Hall–Kier alpha value is -2.36. The minimum Gasteiger partial charge on any atom is -0.444 e. The zero-order valence-corrected chi connectivity index (χ0v) is 13.5. The lowest BCUT2D eigenvalue weighted by Crippen LogP contribution is -2.50. The maximum atomic E-state index is 12.0. The number of carbonyl (C=O) groups is 1. The Kier molecular flexibility index (Phi) is 4.50. The van der Waals surface area contributed by atoms with Gasteiger partial charge in [-0.05, 0) is 33.8 Å². The molecule has 0 atom stereocenters. The highest BCUT2D eigenvalue weighted by atomic mass is 16.6. The number of aryl methyl sites for hydroxylation is 1. The standard InChI is InChI=1S/C15H21N5O2/c1-11-9-12(10-16)18-13(17-11)19-5-7-20(8-6-19)14(21)22-15(2,3)4/h9H,5-8H2,1-4H3. The van der Waals surface area contributed by atoms with E-state index in [1.807, 2.05) is 38.7 Å². The van der Waals surface area contributed by atoms with Crippen molar-refractivity contribution in [1.29, 1.82) is 5.26 Å². The van der Waals surface area contributed by atoms with E-state index in [2.05, 4.69) is 9.97 Å². The van der Waals surface area contributed by atoms with Gasteiger partial charge in [0.05, 0.1) is 0 Å². The van der Waals surface area contributed by atoms with Crippen molar-refractivity contribution in [3.05, 3.63) is 17.5 Å². The predicted octanol–water partition coefficient (Wildman–Crippen LogP) is 1.71. The van der Waals surface area contributed by atoms with Crippen molar-refractivity contribution in [2.24, 2.45) is 0 Å². The highest BCUT2D eigenvalue weighted by molar-refractivity contribution is 5.68. The fourth-order valence-electron chi connectivity index (χ4n) is 2.17. The minimum absolute atomic E-state index is 0.296. The third-order valence-electron chi connectivity index (χ3n) is 3.17. The summed E-state index contributed by atoms with van der Waals surface area (Å²) in [5.41, 5.74) is 0.628. The van der Waals surface area contributed by atoms with Crippen LogP contribution in [-0.2, 0) is 4.74 Å². The molecule has 1 saturated heterocycles. The average Bonchev–Trinajstić information content (AvgIpc) is 2.45. The third-order valence-corrected chi connectivity index (χ3v) is 3.17. The van der Waals surface area contributed by atoms with Gasteiger partial charge in [0.25, 0.3) is 0 Å². The third kappa shape index (κ3) is 4.07. The molecule has 1 aliphatic rings. The molecule has 1 aliphatic heterocycles. The second-order valence-electron chi connectivity index (χ2n) is 6.26. The van der Waals surface area contributed by atoms with Gasteiger partial charge in [-0.25, -0.2) is 14.8 Å². The van der Waals surface area contributed by atoms with Crippen molar-refractivity contribution in [3.63, 3.8) is 0 Å². The Morgan fingerprint density at radius 3 is 2.45 bits per heavy atom. The molecule has 1 fully saturated rings. The number of nitrogens with zero attached hydrogens (tertiary/aromatic N) is 5. The molecule has 2 heterocycles. The number of hydrogen-bond donors (Lipinski definition) is 0. The molecule has 1 aromatic rings. The van der Waals surface area contributed by atoms with Gasteiger partial charge in [-0.3, -0.25) is 0 Å². The number of aromatic nitrogens is 2. The highest BCUT2D eigenvalue weighted by Gasteiger charge is 2.26. The SMILES string of the molecule is Cc1cc(C#N)nc(N2CCN(C(=O)OC(C)(C)C)CC2)n1. The van der Waals surface area contributed by atoms with Gasteiger partial charge in [0.1, 0.15) is 17.4 Å². The summed E-state index contributed by atoms with van der Waals surface area (Å²) in [6.07, 6.45) is -0.296. The van der Waals surface area contributed by atoms with Crippen molar-refractivity contribution in [3.8, 4) is 6.07 Å². The summed E-state index contributed by atoms with van der Waals surface area (Å²) in [6.45, 7) is 9.73. The van der Waals surface area contributed by atoms with E-state index < -0.39 is 5.60 Å². The fraction of sp³-hybridized carbons (Fsp3) is 0.600. The van der Waals surface area contributed by atoms with Gasteiger partial charge in [-0.1, -0.05) is 0 Å². The van der Waals surface area contributed by atoms with Crippen LogP contribution in [0.4, 0.5) is 10.7 Å². The second-order valence-corrected chi connectivity index (χ2v) is 6.26. The van der Waals surface area contributed by atoms with Crippen LogP contribution in [0.15, 0.2) is 6.07 Å². The van der Waals surface area contributed by atoms with Crippen LogP contribution in [0.3, 0.4) is 0 Å².